The molecule has 0 radical (unpaired) electrons. The Labute approximate surface area is 106 Å². The first kappa shape index (κ1) is 12.1. The van der Waals surface area contributed by atoms with Crippen LogP contribution in [0.1, 0.15) is 26.5 Å². The lowest BCUT2D eigenvalue weighted by molar-refractivity contribution is 0.573. The van der Waals surface area contributed by atoms with Crippen molar-refractivity contribution in [2.24, 2.45) is 5.84 Å². The SMILES string of the molecule is CC(C)(C)c1nc2ccc(Cl)cc2cc1NN. The topological polar surface area (TPSA) is 50.9 Å². The highest BCUT2D eigenvalue weighted by Gasteiger charge is 2.20. The smallest absolute Gasteiger partial charge is 0.0713 e. The third-order valence-corrected chi connectivity index (χ3v) is 2.88. The number of halogens is 1. The zero-order chi connectivity index (χ0) is 12.6. The minimum absolute atomic E-state index is 0.0600. The van der Waals surface area contributed by atoms with Crippen LogP contribution in [0.5, 0.6) is 0 Å². The molecule has 17 heavy (non-hydrogen) atoms. The fourth-order valence-electron chi connectivity index (χ4n) is 1.83. The van der Waals surface area contributed by atoms with Gasteiger partial charge in [0.05, 0.1) is 16.9 Å². The normalized spacial score (nSPS) is 11.8. The number of hydrazine groups is 1. The Morgan fingerprint density at radius 2 is 1.94 bits per heavy atom. The summed E-state index contributed by atoms with van der Waals surface area (Å²) in [6, 6.07) is 7.64. The first-order valence-corrected chi connectivity index (χ1v) is 5.87. The molecule has 0 saturated carbocycles. The number of benzene rings is 1. The maximum atomic E-state index is 5.96. The summed E-state index contributed by atoms with van der Waals surface area (Å²) in [6.07, 6.45) is 0. The van der Waals surface area contributed by atoms with E-state index in [0.717, 1.165) is 22.3 Å². The lowest BCUT2D eigenvalue weighted by atomic mass is 9.90. The molecule has 4 heteroatoms. The number of anilines is 1. The zero-order valence-electron chi connectivity index (χ0n) is 10.2. The number of nitrogens with two attached hydrogens (primary N) is 1. The third-order valence-electron chi connectivity index (χ3n) is 2.64. The average molecular weight is 250 g/mol. The molecule has 0 fully saturated rings. The molecule has 2 aromatic rings. The predicted molar refractivity (Wildman–Crippen MR) is 73.3 cm³/mol. The van der Waals surface area contributed by atoms with E-state index in [4.69, 9.17) is 17.4 Å². The molecule has 90 valence electrons. The standard InChI is InChI=1S/C13H16ClN3/c1-13(2,3)12-11(17-15)7-8-6-9(14)4-5-10(8)16-12/h4-7,17H,15H2,1-3H3. The second-order valence-corrected chi connectivity index (χ2v) is 5.55. The highest BCUT2D eigenvalue weighted by Crippen LogP contribution is 2.31. The average Bonchev–Trinajstić information content (AvgIpc) is 2.25. The Balaban J connectivity index is 2.73. The summed E-state index contributed by atoms with van der Waals surface area (Å²) < 4.78 is 0. The molecule has 1 aromatic carbocycles. The first-order valence-electron chi connectivity index (χ1n) is 5.49. The van der Waals surface area contributed by atoms with Crippen molar-refractivity contribution in [2.45, 2.75) is 26.2 Å². The van der Waals surface area contributed by atoms with Crippen LogP contribution < -0.4 is 11.3 Å². The number of rotatable bonds is 1. The van der Waals surface area contributed by atoms with Crippen molar-refractivity contribution < 1.29 is 0 Å². The van der Waals surface area contributed by atoms with E-state index in [1.54, 1.807) is 0 Å². The second-order valence-electron chi connectivity index (χ2n) is 5.12. The lowest BCUT2D eigenvalue weighted by Crippen LogP contribution is -2.19. The van der Waals surface area contributed by atoms with Crippen molar-refractivity contribution in [2.75, 3.05) is 5.43 Å². The summed E-state index contributed by atoms with van der Waals surface area (Å²) in [7, 11) is 0. The third kappa shape index (κ3) is 2.35. The van der Waals surface area contributed by atoms with E-state index in [1.807, 2.05) is 24.3 Å². The van der Waals surface area contributed by atoms with Crippen molar-refractivity contribution in [1.29, 1.82) is 0 Å². The summed E-state index contributed by atoms with van der Waals surface area (Å²) in [5, 5.41) is 1.68. The van der Waals surface area contributed by atoms with E-state index in [1.165, 1.54) is 0 Å². The summed E-state index contributed by atoms with van der Waals surface area (Å²) in [6.45, 7) is 6.33. The van der Waals surface area contributed by atoms with E-state index in [-0.39, 0.29) is 5.41 Å². The number of hydrogen-bond acceptors (Lipinski definition) is 3. The lowest BCUT2D eigenvalue weighted by Gasteiger charge is -2.21. The molecule has 0 aliphatic heterocycles. The van der Waals surface area contributed by atoms with Crippen molar-refractivity contribution in [3.63, 3.8) is 0 Å². The molecule has 1 aromatic heterocycles. The van der Waals surface area contributed by atoms with Crippen LogP contribution in [0.2, 0.25) is 5.02 Å². The number of hydrogen-bond donors (Lipinski definition) is 2. The molecule has 2 rings (SSSR count). The van der Waals surface area contributed by atoms with Crippen LogP contribution in [0.3, 0.4) is 0 Å². The van der Waals surface area contributed by atoms with Gasteiger partial charge >= 0.3 is 0 Å². The Hall–Kier alpha value is -1.32. The first-order chi connectivity index (χ1) is 7.91. The van der Waals surface area contributed by atoms with Crippen LogP contribution in [0.25, 0.3) is 10.9 Å². The van der Waals surface area contributed by atoms with Gasteiger partial charge in [-0.1, -0.05) is 32.4 Å². The van der Waals surface area contributed by atoms with Gasteiger partial charge in [0, 0.05) is 15.8 Å². The monoisotopic (exact) mass is 249 g/mol. The quantitative estimate of drug-likeness (QED) is 0.601. The van der Waals surface area contributed by atoms with E-state index < -0.39 is 0 Å². The van der Waals surface area contributed by atoms with Gasteiger partial charge in [0.2, 0.25) is 0 Å². The van der Waals surface area contributed by atoms with Gasteiger partial charge in [-0.05, 0) is 24.3 Å². The fourth-order valence-corrected chi connectivity index (χ4v) is 2.01. The maximum Gasteiger partial charge on any atom is 0.0713 e. The summed E-state index contributed by atoms with van der Waals surface area (Å²) >= 11 is 5.96. The Kier molecular flexibility index (Phi) is 2.98. The summed E-state index contributed by atoms with van der Waals surface area (Å²) in [5.74, 6) is 5.55. The Morgan fingerprint density at radius 3 is 2.53 bits per heavy atom. The van der Waals surface area contributed by atoms with Gasteiger partial charge in [-0.2, -0.15) is 0 Å². The minimum Gasteiger partial charge on any atom is -0.322 e. The van der Waals surface area contributed by atoms with E-state index in [0.29, 0.717) is 5.02 Å². The van der Waals surface area contributed by atoms with Crippen LogP contribution in [0, 0.1) is 0 Å². The maximum absolute atomic E-state index is 5.96. The van der Waals surface area contributed by atoms with Gasteiger partial charge in [-0.15, -0.1) is 0 Å². The fraction of sp³-hybridized carbons (Fsp3) is 0.308. The molecule has 0 atom stereocenters. The van der Waals surface area contributed by atoms with Gasteiger partial charge in [0.25, 0.3) is 0 Å². The number of nitrogens with zero attached hydrogens (tertiary/aromatic N) is 1. The van der Waals surface area contributed by atoms with Gasteiger partial charge in [0.15, 0.2) is 0 Å². The van der Waals surface area contributed by atoms with E-state index in [2.05, 4.69) is 31.2 Å². The van der Waals surface area contributed by atoms with Gasteiger partial charge in [0.1, 0.15) is 0 Å². The Bertz CT molecular complexity index is 558. The molecule has 3 N–H and O–H groups in total. The molecule has 0 saturated heterocycles. The molecule has 3 nitrogen and oxygen atoms in total. The largest absolute Gasteiger partial charge is 0.322 e. The molecule has 0 amide bonds. The number of aromatic nitrogens is 1. The van der Waals surface area contributed by atoms with Crippen LogP contribution in [-0.4, -0.2) is 4.98 Å². The molecule has 1 heterocycles. The van der Waals surface area contributed by atoms with Gasteiger partial charge in [-0.25, -0.2) is 0 Å². The molecule has 0 aliphatic carbocycles. The summed E-state index contributed by atoms with van der Waals surface area (Å²) in [4.78, 5) is 4.66. The summed E-state index contributed by atoms with van der Waals surface area (Å²) in [5.41, 5.74) is 5.37. The molecule has 0 unspecified atom stereocenters. The minimum atomic E-state index is -0.0600. The van der Waals surface area contributed by atoms with E-state index >= 15 is 0 Å². The van der Waals surface area contributed by atoms with Crippen molar-refractivity contribution in [3.8, 4) is 0 Å². The molecule has 0 spiro atoms. The Morgan fingerprint density at radius 1 is 1.24 bits per heavy atom. The molecule has 0 aliphatic rings. The van der Waals surface area contributed by atoms with Crippen molar-refractivity contribution >= 4 is 28.2 Å². The number of pyridine rings is 1. The molecule has 0 bridgehead atoms. The van der Waals surface area contributed by atoms with Crippen molar-refractivity contribution in [1.82, 2.24) is 4.98 Å². The molecular formula is C13H16ClN3. The van der Waals surface area contributed by atoms with Crippen LogP contribution >= 0.6 is 11.6 Å². The predicted octanol–water partition coefficient (Wildman–Crippen LogP) is 3.47. The van der Waals surface area contributed by atoms with Crippen LogP contribution in [-0.2, 0) is 5.41 Å². The second kappa shape index (κ2) is 4.17. The zero-order valence-corrected chi connectivity index (χ0v) is 11.0. The van der Waals surface area contributed by atoms with Crippen molar-refractivity contribution in [3.05, 3.63) is 35.0 Å². The number of fused-ring (bicyclic) bond motifs is 1. The van der Waals surface area contributed by atoms with Gasteiger partial charge in [-0.3, -0.25) is 10.8 Å². The van der Waals surface area contributed by atoms with Crippen LogP contribution in [0.4, 0.5) is 5.69 Å². The molecular weight excluding hydrogens is 234 g/mol. The highest BCUT2D eigenvalue weighted by atomic mass is 35.5. The highest BCUT2D eigenvalue weighted by molar-refractivity contribution is 6.31. The van der Waals surface area contributed by atoms with Crippen LogP contribution in [0.15, 0.2) is 24.3 Å². The number of nitrogen functional groups attached to an aromatic ring is 1. The van der Waals surface area contributed by atoms with E-state index in [9.17, 15) is 0 Å². The van der Waals surface area contributed by atoms with Gasteiger partial charge < -0.3 is 5.43 Å². The number of nitrogens with one attached hydrogen (secondary N) is 1.